The molecule has 7 nitrogen and oxygen atoms in total. The first-order valence-electron chi connectivity index (χ1n) is 12.0. The average Bonchev–Trinajstić information content (AvgIpc) is 3.36. The largest absolute Gasteiger partial charge is 0.481 e. The molecule has 0 aromatic heterocycles. The van der Waals surface area contributed by atoms with E-state index in [1.165, 1.54) is 0 Å². The molecular formula is C27H32N2O5. The highest BCUT2D eigenvalue weighted by Crippen LogP contribution is 2.44. The first kappa shape index (κ1) is 23.8. The fourth-order valence-corrected chi connectivity index (χ4v) is 5.27. The highest BCUT2D eigenvalue weighted by atomic mass is 16.5. The van der Waals surface area contributed by atoms with E-state index >= 15 is 0 Å². The lowest BCUT2D eigenvalue weighted by Gasteiger charge is -2.29. The summed E-state index contributed by atoms with van der Waals surface area (Å²) in [5.74, 6) is -1.34. The second-order valence-corrected chi connectivity index (χ2v) is 9.49. The van der Waals surface area contributed by atoms with Gasteiger partial charge < -0.3 is 20.5 Å². The second-order valence-electron chi connectivity index (χ2n) is 9.49. The van der Waals surface area contributed by atoms with Crippen LogP contribution in [0.4, 0.5) is 4.79 Å². The van der Waals surface area contributed by atoms with Crippen LogP contribution >= 0.6 is 0 Å². The maximum absolute atomic E-state index is 12.9. The van der Waals surface area contributed by atoms with Crippen molar-refractivity contribution >= 4 is 18.0 Å². The molecule has 2 unspecified atom stereocenters. The summed E-state index contributed by atoms with van der Waals surface area (Å²) in [6.45, 7) is 3.76. The van der Waals surface area contributed by atoms with Crippen LogP contribution in [0.5, 0.6) is 0 Å². The van der Waals surface area contributed by atoms with Gasteiger partial charge in [0.25, 0.3) is 0 Å². The van der Waals surface area contributed by atoms with Gasteiger partial charge in [-0.1, -0.05) is 68.3 Å². The van der Waals surface area contributed by atoms with Crippen LogP contribution in [0.3, 0.4) is 0 Å². The van der Waals surface area contributed by atoms with E-state index in [2.05, 4.69) is 34.9 Å². The van der Waals surface area contributed by atoms with Crippen molar-refractivity contribution in [1.82, 2.24) is 10.6 Å². The third-order valence-corrected chi connectivity index (χ3v) is 7.29. The van der Waals surface area contributed by atoms with Crippen molar-refractivity contribution in [3.05, 3.63) is 59.7 Å². The molecular weight excluding hydrogens is 432 g/mol. The number of fused-ring (bicyclic) bond motifs is 3. The van der Waals surface area contributed by atoms with E-state index in [-0.39, 0.29) is 18.4 Å². The molecule has 3 atom stereocenters. The number of carboxylic acid groups (broad SMARTS) is 1. The monoisotopic (exact) mass is 464 g/mol. The van der Waals surface area contributed by atoms with Gasteiger partial charge in [0.15, 0.2) is 0 Å². The summed E-state index contributed by atoms with van der Waals surface area (Å²) in [4.78, 5) is 37.4. The number of nitrogens with one attached hydrogen (secondary N) is 2. The number of carbonyl (C=O) groups is 3. The van der Waals surface area contributed by atoms with E-state index in [1.54, 1.807) is 6.92 Å². The van der Waals surface area contributed by atoms with Crippen molar-refractivity contribution in [2.24, 2.45) is 5.41 Å². The predicted octanol–water partition coefficient (Wildman–Crippen LogP) is 4.45. The summed E-state index contributed by atoms with van der Waals surface area (Å²) in [6, 6.07) is 15.0. The number of rotatable bonds is 8. The normalized spacial score (nSPS) is 21.9. The zero-order chi connectivity index (χ0) is 24.3. The molecule has 180 valence electrons. The minimum absolute atomic E-state index is 0.0636. The lowest BCUT2D eigenvalue weighted by molar-refractivity contribution is -0.149. The van der Waals surface area contributed by atoms with Crippen molar-refractivity contribution in [2.45, 2.75) is 64.0 Å². The Kier molecular flexibility index (Phi) is 6.91. The second kappa shape index (κ2) is 9.87. The number of ether oxygens (including phenoxy) is 1. The number of carboxylic acids is 1. The van der Waals surface area contributed by atoms with Gasteiger partial charge in [-0.3, -0.25) is 9.59 Å². The van der Waals surface area contributed by atoms with Crippen LogP contribution in [-0.2, 0) is 14.3 Å². The Balaban J connectivity index is 1.39. The summed E-state index contributed by atoms with van der Waals surface area (Å²) in [5, 5.41) is 15.2. The van der Waals surface area contributed by atoms with Gasteiger partial charge in [0.2, 0.25) is 5.91 Å². The average molecular weight is 465 g/mol. The maximum Gasteiger partial charge on any atom is 0.407 e. The molecule has 0 bridgehead atoms. The standard InChI is InChI=1S/C27H32N2O5/c1-3-9-22(24(30)29-23-14-8-15-27(23,2)25(31)32)28-26(33)34-16-21-19-12-6-4-10-17(19)18-11-5-7-13-20(18)21/h4-7,10-13,21-23H,3,8-9,14-16H2,1-2H3,(H,28,33)(H,29,30)(H,31,32)/t22-,23?,27?/m0/s1. The van der Waals surface area contributed by atoms with Gasteiger partial charge in [0, 0.05) is 12.0 Å². The van der Waals surface area contributed by atoms with Crippen molar-refractivity contribution in [3.63, 3.8) is 0 Å². The first-order chi connectivity index (χ1) is 16.3. The molecule has 0 spiro atoms. The fraction of sp³-hybridized carbons (Fsp3) is 0.444. The minimum Gasteiger partial charge on any atom is -0.481 e. The van der Waals surface area contributed by atoms with Gasteiger partial charge in [-0.25, -0.2) is 4.79 Å². The summed E-state index contributed by atoms with van der Waals surface area (Å²) in [7, 11) is 0. The van der Waals surface area contributed by atoms with Gasteiger partial charge in [-0.2, -0.15) is 0 Å². The molecule has 1 saturated carbocycles. The zero-order valence-electron chi connectivity index (χ0n) is 19.7. The number of benzene rings is 2. The molecule has 7 heteroatoms. The third-order valence-electron chi connectivity index (χ3n) is 7.29. The number of hydrogen-bond acceptors (Lipinski definition) is 4. The lowest BCUT2D eigenvalue weighted by Crippen LogP contribution is -2.53. The molecule has 2 aromatic rings. The summed E-state index contributed by atoms with van der Waals surface area (Å²) < 4.78 is 5.59. The van der Waals surface area contributed by atoms with E-state index in [9.17, 15) is 19.5 Å². The zero-order valence-corrected chi connectivity index (χ0v) is 19.7. The highest BCUT2D eigenvalue weighted by Gasteiger charge is 2.46. The SMILES string of the molecule is CCC[C@H](NC(=O)OCC1c2ccccc2-c2ccccc21)C(=O)NC1CCCC1(C)C(=O)O. The maximum atomic E-state index is 12.9. The van der Waals surface area contributed by atoms with Gasteiger partial charge in [-0.15, -0.1) is 0 Å². The number of carbonyl (C=O) groups excluding carboxylic acids is 2. The molecule has 0 radical (unpaired) electrons. The van der Waals surface area contributed by atoms with Crippen LogP contribution < -0.4 is 10.6 Å². The number of aliphatic carboxylic acids is 1. The number of amides is 2. The van der Waals surface area contributed by atoms with Crippen molar-refractivity contribution < 1.29 is 24.2 Å². The Hall–Kier alpha value is -3.35. The molecule has 0 heterocycles. The van der Waals surface area contributed by atoms with Crippen molar-refractivity contribution in [3.8, 4) is 11.1 Å². The van der Waals surface area contributed by atoms with Crippen molar-refractivity contribution in [2.75, 3.05) is 6.61 Å². The van der Waals surface area contributed by atoms with E-state index < -0.39 is 29.6 Å². The van der Waals surface area contributed by atoms with Gasteiger partial charge in [0.05, 0.1) is 5.41 Å². The van der Waals surface area contributed by atoms with Crippen LogP contribution in [0, 0.1) is 5.41 Å². The minimum atomic E-state index is -0.990. The summed E-state index contributed by atoms with van der Waals surface area (Å²) in [6.07, 6.45) is 2.34. The van der Waals surface area contributed by atoms with Crippen LogP contribution in [0.1, 0.15) is 63.0 Å². The van der Waals surface area contributed by atoms with E-state index in [4.69, 9.17) is 4.74 Å². The Morgan fingerprint density at radius 1 is 1.09 bits per heavy atom. The van der Waals surface area contributed by atoms with Crippen LogP contribution in [-0.4, -0.2) is 41.8 Å². The topological polar surface area (TPSA) is 105 Å². The Morgan fingerprint density at radius 2 is 1.71 bits per heavy atom. The molecule has 4 rings (SSSR count). The van der Waals surface area contributed by atoms with Crippen LogP contribution in [0.25, 0.3) is 11.1 Å². The Labute approximate surface area is 199 Å². The third kappa shape index (κ3) is 4.52. The Morgan fingerprint density at radius 3 is 2.29 bits per heavy atom. The molecule has 2 aromatic carbocycles. The van der Waals surface area contributed by atoms with E-state index in [0.29, 0.717) is 25.7 Å². The highest BCUT2D eigenvalue weighted by molar-refractivity contribution is 5.87. The van der Waals surface area contributed by atoms with Gasteiger partial charge in [-0.05, 0) is 48.4 Å². The van der Waals surface area contributed by atoms with Crippen LogP contribution in [0.2, 0.25) is 0 Å². The lowest BCUT2D eigenvalue weighted by atomic mass is 9.84. The Bertz CT molecular complexity index is 1040. The molecule has 2 aliphatic rings. The molecule has 34 heavy (non-hydrogen) atoms. The van der Waals surface area contributed by atoms with E-state index in [1.807, 2.05) is 31.2 Å². The smallest absolute Gasteiger partial charge is 0.407 e. The molecule has 1 fully saturated rings. The summed E-state index contributed by atoms with van der Waals surface area (Å²) >= 11 is 0. The molecule has 2 aliphatic carbocycles. The quantitative estimate of drug-likeness (QED) is 0.535. The number of alkyl carbamates (subject to hydrolysis) is 1. The van der Waals surface area contributed by atoms with Crippen molar-refractivity contribution in [1.29, 1.82) is 0 Å². The molecule has 2 amide bonds. The van der Waals surface area contributed by atoms with Gasteiger partial charge in [0.1, 0.15) is 12.6 Å². The van der Waals surface area contributed by atoms with Crippen LogP contribution in [0.15, 0.2) is 48.5 Å². The first-order valence-corrected chi connectivity index (χ1v) is 12.0. The summed E-state index contributed by atoms with van der Waals surface area (Å²) in [5.41, 5.74) is 3.54. The van der Waals surface area contributed by atoms with Gasteiger partial charge >= 0.3 is 12.1 Å². The molecule has 3 N–H and O–H groups in total. The number of hydrogen-bond donors (Lipinski definition) is 3. The predicted molar refractivity (Wildman–Crippen MR) is 128 cm³/mol. The fourth-order valence-electron chi connectivity index (χ4n) is 5.27. The molecule has 0 saturated heterocycles. The molecule has 0 aliphatic heterocycles. The van der Waals surface area contributed by atoms with E-state index in [0.717, 1.165) is 28.7 Å².